The first kappa shape index (κ1) is 13.5. The van der Waals surface area contributed by atoms with Crippen LogP contribution in [-0.4, -0.2) is 12.4 Å². The van der Waals surface area contributed by atoms with Crippen LogP contribution in [0.15, 0.2) is 36.9 Å². The van der Waals surface area contributed by atoms with E-state index in [-0.39, 0.29) is 5.78 Å². The first-order valence-electron chi connectivity index (χ1n) is 6.08. The van der Waals surface area contributed by atoms with Crippen molar-refractivity contribution in [2.24, 2.45) is 0 Å². The summed E-state index contributed by atoms with van der Waals surface area (Å²) in [5, 5.41) is 0. The van der Waals surface area contributed by atoms with Gasteiger partial charge in [-0.15, -0.1) is 6.58 Å². The quantitative estimate of drug-likeness (QED) is 0.384. The van der Waals surface area contributed by atoms with Crippen LogP contribution in [0.3, 0.4) is 0 Å². The molecule has 0 saturated heterocycles. The highest BCUT2D eigenvalue weighted by Gasteiger charge is 1.99. The van der Waals surface area contributed by atoms with Gasteiger partial charge in [0.1, 0.15) is 5.75 Å². The molecule has 0 aliphatic heterocycles. The molecule has 0 aromatic heterocycles. The van der Waals surface area contributed by atoms with Crippen molar-refractivity contribution in [1.82, 2.24) is 0 Å². The van der Waals surface area contributed by atoms with Crippen molar-refractivity contribution in [1.29, 1.82) is 0 Å². The van der Waals surface area contributed by atoms with E-state index in [0.29, 0.717) is 0 Å². The maximum absolute atomic E-state index is 11.1. The van der Waals surface area contributed by atoms with Crippen LogP contribution in [0.4, 0.5) is 0 Å². The SMILES string of the molecule is C=CCCCCCOc1ccc(C(C)=O)cc1. The molecule has 0 bridgehead atoms. The van der Waals surface area contributed by atoms with Crippen molar-refractivity contribution in [2.75, 3.05) is 6.61 Å². The number of Topliss-reactive ketones (excluding diaryl/α,β-unsaturated/α-hetero) is 1. The molecule has 92 valence electrons. The number of hydrogen-bond donors (Lipinski definition) is 0. The number of benzene rings is 1. The number of ketones is 1. The Hall–Kier alpha value is -1.57. The van der Waals surface area contributed by atoms with E-state index < -0.39 is 0 Å². The van der Waals surface area contributed by atoms with Crippen molar-refractivity contribution < 1.29 is 9.53 Å². The van der Waals surface area contributed by atoms with Crippen molar-refractivity contribution >= 4 is 5.78 Å². The molecule has 0 unspecified atom stereocenters. The van der Waals surface area contributed by atoms with Gasteiger partial charge in [0.25, 0.3) is 0 Å². The molecule has 0 N–H and O–H groups in total. The van der Waals surface area contributed by atoms with E-state index in [4.69, 9.17) is 4.74 Å². The Labute approximate surface area is 103 Å². The predicted molar refractivity (Wildman–Crippen MR) is 70.6 cm³/mol. The van der Waals surface area contributed by atoms with Gasteiger partial charge < -0.3 is 4.74 Å². The topological polar surface area (TPSA) is 26.3 Å². The Morgan fingerprint density at radius 2 is 1.94 bits per heavy atom. The molecule has 1 rings (SSSR count). The highest BCUT2D eigenvalue weighted by Crippen LogP contribution is 2.13. The smallest absolute Gasteiger partial charge is 0.159 e. The minimum absolute atomic E-state index is 0.0842. The average Bonchev–Trinajstić information content (AvgIpc) is 2.34. The Morgan fingerprint density at radius 3 is 2.53 bits per heavy atom. The second-order valence-electron chi connectivity index (χ2n) is 4.07. The normalized spacial score (nSPS) is 9.94. The molecule has 0 spiro atoms. The van der Waals surface area contributed by atoms with Gasteiger partial charge in [0.15, 0.2) is 5.78 Å². The standard InChI is InChI=1S/C15H20O2/c1-3-4-5-6-7-12-17-15-10-8-14(9-11-15)13(2)16/h3,8-11H,1,4-7,12H2,2H3. The third-order valence-electron chi connectivity index (χ3n) is 2.58. The first-order chi connectivity index (χ1) is 8.24. The zero-order chi connectivity index (χ0) is 12.5. The number of unbranched alkanes of at least 4 members (excludes halogenated alkanes) is 3. The molecule has 0 amide bonds. The summed E-state index contributed by atoms with van der Waals surface area (Å²) >= 11 is 0. The molecule has 0 heterocycles. The summed E-state index contributed by atoms with van der Waals surface area (Å²) in [7, 11) is 0. The van der Waals surface area contributed by atoms with Crippen molar-refractivity contribution in [2.45, 2.75) is 32.6 Å². The minimum Gasteiger partial charge on any atom is -0.494 e. The molecule has 1 aromatic carbocycles. The van der Waals surface area contributed by atoms with Crippen molar-refractivity contribution in [3.63, 3.8) is 0 Å². The van der Waals surface area contributed by atoms with E-state index in [9.17, 15) is 4.79 Å². The molecular formula is C15H20O2. The number of hydrogen-bond acceptors (Lipinski definition) is 2. The number of allylic oxidation sites excluding steroid dienone is 1. The summed E-state index contributed by atoms with van der Waals surface area (Å²) in [6.07, 6.45) is 6.42. The summed E-state index contributed by atoms with van der Waals surface area (Å²) < 4.78 is 5.58. The molecule has 2 nitrogen and oxygen atoms in total. The highest BCUT2D eigenvalue weighted by molar-refractivity contribution is 5.94. The first-order valence-corrected chi connectivity index (χ1v) is 6.08. The average molecular weight is 232 g/mol. The monoisotopic (exact) mass is 232 g/mol. The van der Waals surface area contributed by atoms with Gasteiger partial charge in [-0.1, -0.05) is 6.08 Å². The Balaban J connectivity index is 2.23. The number of carbonyl (C=O) groups excluding carboxylic acids is 1. The third-order valence-corrected chi connectivity index (χ3v) is 2.58. The van der Waals surface area contributed by atoms with Gasteiger partial charge >= 0.3 is 0 Å². The lowest BCUT2D eigenvalue weighted by molar-refractivity contribution is 0.101. The number of carbonyl (C=O) groups is 1. The third kappa shape index (κ3) is 5.34. The maximum Gasteiger partial charge on any atom is 0.159 e. The van der Waals surface area contributed by atoms with Crippen LogP contribution >= 0.6 is 0 Å². The zero-order valence-corrected chi connectivity index (χ0v) is 10.4. The van der Waals surface area contributed by atoms with Crippen LogP contribution in [-0.2, 0) is 0 Å². The molecule has 0 saturated carbocycles. The molecular weight excluding hydrogens is 212 g/mol. The van der Waals surface area contributed by atoms with E-state index in [1.54, 1.807) is 19.1 Å². The summed E-state index contributed by atoms with van der Waals surface area (Å²) in [5.74, 6) is 0.916. The maximum atomic E-state index is 11.1. The largest absolute Gasteiger partial charge is 0.494 e. The minimum atomic E-state index is 0.0842. The highest BCUT2D eigenvalue weighted by atomic mass is 16.5. The molecule has 0 aliphatic carbocycles. The molecule has 0 aliphatic rings. The fourth-order valence-corrected chi connectivity index (χ4v) is 1.54. The second kappa shape index (κ2) is 7.66. The van der Waals surface area contributed by atoms with Gasteiger partial charge in [0, 0.05) is 5.56 Å². The van der Waals surface area contributed by atoms with Crippen LogP contribution < -0.4 is 4.74 Å². The predicted octanol–water partition coefficient (Wildman–Crippen LogP) is 4.01. The Morgan fingerprint density at radius 1 is 1.24 bits per heavy atom. The fourth-order valence-electron chi connectivity index (χ4n) is 1.54. The van der Waals surface area contributed by atoms with E-state index in [1.807, 2.05) is 18.2 Å². The Kier molecular flexibility index (Phi) is 6.08. The Bertz CT molecular complexity index is 352. The molecule has 0 fully saturated rings. The van der Waals surface area contributed by atoms with Crippen molar-refractivity contribution in [3.05, 3.63) is 42.5 Å². The number of rotatable bonds is 8. The number of ether oxygens (including phenoxy) is 1. The van der Waals surface area contributed by atoms with Crippen LogP contribution in [0.2, 0.25) is 0 Å². The lowest BCUT2D eigenvalue weighted by atomic mass is 10.1. The lowest BCUT2D eigenvalue weighted by Crippen LogP contribution is -1.98. The lowest BCUT2D eigenvalue weighted by Gasteiger charge is -2.06. The fraction of sp³-hybridized carbons (Fsp3) is 0.400. The van der Waals surface area contributed by atoms with Gasteiger partial charge in [0.05, 0.1) is 6.61 Å². The van der Waals surface area contributed by atoms with Crippen molar-refractivity contribution in [3.8, 4) is 5.75 Å². The summed E-state index contributed by atoms with van der Waals surface area (Å²) in [4.78, 5) is 11.1. The van der Waals surface area contributed by atoms with E-state index in [1.165, 1.54) is 6.42 Å². The summed E-state index contributed by atoms with van der Waals surface area (Å²) in [6, 6.07) is 7.30. The summed E-state index contributed by atoms with van der Waals surface area (Å²) in [5.41, 5.74) is 0.725. The van der Waals surface area contributed by atoms with Crippen LogP contribution in [0.5, 0.6) is 5.75 Å². The van der Waals surface area contributed by atoms with E-state index >= 15 is 0 Å². The van der Waals surface area contributed by atoms with Gasteiger partial charge in [-0.25, -0.2) is 0 Å². The molecule has 1 aromatic rings. The molecule has 0 radical (unpaired) electrons. The van der Waals surface area contributed by atoms with Crippen LogP contribution in [0.25, 0.3) is 0 Å². The van der Waals surface area contributed by atoms with E-state index in [2.05, 4.69) is 6.58 Å². The molecule has 2 heteroatoms. The summed E-state index contributed by atoms with van der Waals surface area (Å²) in [6.45, 7) is 5.99. The van der Waals surface area contributed by atoms with E-state index in [0.717, 1.165) is 37.2 Å². The zero-order valence-electron chi connectivity index (χ0n) is 10.4. The molecule has 0 atom stereocenters. The van der Waals surface area contributed by atoms with Gasteiger partial charge in [-0.05, 0) is 56.9 Å². The van der Waals surface area contributed by atoms with Crippen LogP contribution in [0, 0.1) is 0 Å². The van der Waals surface area contributed by atoms with Crippen LogP contribution in [0.1, 0.15) is 43.0 Å². The van der Waals surface area contributed by atoms with Gasteiger partial charge in [-0.3, -0.25) is 4.79 Å². The molecule has 17 heavy (non-hydrogen) atoms. The second-order valence-corrected chi connectivity index (χ2v) is 4.07. The van der Waals surface area contributed by atoms with Gasteiger partial charge in [-0.2, -0.15) is 0 Å². The van der Waals surface area contributed by atoms with Gasteiger partial charge in [0.2, 0.25) is 0 Å².